The van der Waals surface area contributed by atoms with E-state index in [4.69, 9.17) is 4.74 Å². The number of carbonyl (C=O) groups excluding carboxylic acids is 1. The molecular weight excluding hydrogens is 315 g/mol. The van der Waals surface area contributed by atoms with Crippen LogP contribution in [0.15, 0.2) is 23.6 Å². The van der Waals surface area contributed by atoms with Crippen LogP contribution in [0.25, 0.3) is 19.4 Å². The van der Waals surface area contributed by atoms with Crippen LogP contribution >= 0.6 is 11.3 Å². The molecular formula is C12H10N2O2SSe. The first kappa shape index (κ1) is 11.7. The molecule has 0 amide bonds. The predicted octanol–water partition coefficient (Wildman–Crippen LogP) is 2.53. The second-order valence-electron chi connectivity index (χ2n) is 3.61. The Bertz CT molecular complexity index is 653. The van der Waals surface area contributed by atoms with Gasteiger partial charge in [-0.05, 0) is 0 Å². The van der Waals surface area contributed by atoms with E-state index in [0.717, 1.165) is 14.5 Å². The molecule has 0 aliphatic carbocycles. The van der Waals surface area contributed by atoms with Gasteiger partial charge in [-0.15, -0.1) is 0 Å². The molecule has 1 N–H and O–H groups in total. The number of rotatable bonds is 3. The topological polar surface area (TPSA) is 55.0 Å². The quantitative estimate of drug-likeness (QED) is 0.595. The molecule has 0 aliphatic heterocycles. The Labute approximate surface area is 113 Å². The van der Waals surface area contributed by atoms with Crippen LogP contribution in [0.4, 0.5) is 0 Å². The first-order valence-electron chi connectivity index (χ1n) is 5.48. The molecule has 0 bridgehead atoms. The molecule has 0 aromatic carbocycles. The minimum absolute atomic E-state index is 0.144. The van der Waals surface area contributed by atoms with Crippen molar-refractivity contribution >= 4 is 41.7 Å². The number of nitrogens with one attached hydrogen (secondary N) is 1. The predicted molar refractivity (Wildman–Crippen MR) is 72.3 cm³/mol. The molecule has 4 nitrogen and oxygen atoms in total. The van der Waals surface area contributed by atoms with E-state index in [9.17, 15) is 4.79 Å². The van der Waals surface area contributed by atoms with Crippen molar-refractivity contribution in [1.29, 1.82) is 0 Å². The third-order valence-electron chi connectivity index (χ3n) is 2.41. The molecule has 92 valence electrons. The normalized spacial score (nSPS) is 10.9. The molecule has 3 aromatic heterocycles. The number of nitrogens with zero attached hydrogens (tertiary/aromatic N) is 1. The van der Waals surface area contributed by atoms with E-state index in [-0.39, 0.29) is 20.5 Å². The van der Waals surface area contributed by atoms with Crippen LogP contribution in [0.5, 0.6) is 0 Å². The van der Waals surface area contributed by atoms with Gasteiger partial charge in [0.1, 0.15) is 0 Å². The van der Waals surface area contributed by atoms with Crippen LogP contribution in [0.2, 0.25) is 0 Å². The van der Waals surface area contributed by atoms with Crippen molar-refractivity contribution in [3.8, 4) is 9.44 Å². The molecule has 0 atom stereocenters. The summed E-state index contributed by atoms with van der Waals surface area (Å²) < 4.78 is 7.12. The van der Waals surface area contributed by atoms with Gasteiger partial charge in [0.2, 0.25) is 0 Å². The van der Waals surface area contributed by atoms with E-state index in [2.05, 4.69) is 16.0 Å². The number of hydrogen-bond acceptors (Lipinski definition) is 4. The monoisotopic (exact) mass is 326 g/mol. The molecule has 0 fully saturated rings. The maximum absolute atomic E-state index is 11.6. The van der Waals surface area contributed by atoms with Crippen molar-refractivity contribution in [3.05, 3.63) is 29.3 Å². The second-order valence-corrected chi connectivity index (χ2v) is 6.66. The van der Waals surface area contributed by atoms with Crippen molar-refractivity contribution in [2.75, 3.05) is 6.61 Å². The fourth-order valence-corrected chi connectivity index (χ4v) is 4.60. The van der Waals surface area contributed by atoms with Crippen molar-refractivity contribution in [3.63, 3.8) is 0 Å². The van der Waals surface area contributed by atoms with E-state index in [1.165, 1.54) is 4.88 Å². The summed E-state index contributed by atoms with van der Waals surface area (Å²) in [4.78, 5) is 20.5. The van der Waals surface area contributed by atoms with Gasteiger partial charge < -0.3 is 0 Å². The van der Waals surface area contributed by atoms with Gasteiger partial charge in [0.05, 0.1) is 0 Å². The maximum atomic E-state index is 11.6. The summed E-state index contributed by atoms with van der Waals surface area (Å²) >= 11 is 1.84. The Kier molecular flexibility index (Phi) is 3.07. The van der Waals surface area contributed by atoms with Gasteiger partial charge in [-0.25, -0.2) is 0 Å². The van der Waals surface area contributed by atoms with Crippen LogP contribution in [0.3, 0.4) is 0 Å². The Hall–Kier alpha value is -1.36. The van der Waals surface area contributed by atoms with Gasteiger partial charge in [-0.1, -0.05) is 0 Å². The Morgan fingerprint density at radius 2 is 2.50 bits per heavy atom. The number of aromatic nitrogens is 2. The summed E-state index contributed by atoms with van der Waals surface area (Å²) in [5.74, 6) is -0.310. The average molecular weight is 325 g/mol. The van der Waals surface area contributed by atoms with Gasteiger partial charge in [0.15, 0.2) is 0 Å². The van der Waals surface area contributed by atoms with Crippen LogP contribution in [0, 0.1) is 0 Å². The number of carbonyl (C=O) groups is 1. The zero-order valence-electron chi connectivity index (χ0n) is 9.60. The van der Waals surface area contributed by atoms with Crippen LogP contribution in [-0.4, -0.2) is 37.0 Å². The molecule has 0 radical (unpaired) electrons. The van der Waals surface area contributed by atoms with E-state index >= 15 is 0 Å². The Balaban J connectivity index is 1.96. The summed E-state index contributed by atoms with van der Waals surface area (Å²) in [5.41, 5.74) is 1.37. The van der Waals surface area contributed by atoms with E-state index in [1.54, 1.807) is 24.3 Å². The average Bonchev–Trinajstić information content (AvgIpc) is 3.03. The second kappa shape index (κ2) is 4.72. The van der Waals surface area contributed by atoms with E-state index in [0.29, 0.717) is 12.3 Å². The third-order valence-corrected chi connectivity index (χ3v) is 5.72. The number of ether oxygens (including phenoxy) is 1. The first-order chi connectivity index (χ1) is 8.78. The Morgan fingerprint density at radius 1 is 1.61 bits per heavy atom. The molecule has 6 heteroatoms. The summed E-state index contributed by atoms with van der Waals surface area (Å²) in [6.45, 7) is 2.18. The molecule has 3 rings (SSSR count). The van der Waals surface area contributed by atoms with Gasteiger partial charge in [0.25, 0.3) is 0 Å². The van der Waals surface area contributed by atoms with Gasteiger partial charge >= 0.3 is 113 Å². The number of H-pyrrole nitrogens is 1. The summed E-state index contributed by atoms with van der Waals surface area (Å²) in [7, 11) is 0. The third kappa shape index (κ3) is 2.03. The summed E-state index contributed by atoms with van der Waals surface area (Å²) in [6.07, 6.45) is 0. The summed E-state index contributed by atoms with van der Waals surface area (Å²) in [6, 6.07) is 5.87. The first-order valence-corrected chi connectivity index (χ1v) is 8.07. The van der Waals surface area contributed by atoms with Crippen LogP contribution in [0.1, 0.15) is 17.4 Å². The fraction of sp³-hybridized carbons (Fsp3) is 0.167. The standard InChI is InChI=1S/C12H10N2O2SSe/c1-2-16-12(15)8-6-7-10(14-8)18-11(13-7)9-4-3-5-17-9/h3-6,14H,2H2,1H3. The zero-order chi connectivity index (χ0) is 12.5. The number of fused-ring (bicyclic) bond motifs is 1. The van der Waals surface area contributed by atoms with Crippen molar-refractivity contribution in [2.45, 2.75) is 6.92 Å². The number of hydrogen-bond donors (Lipinski definition) is 1. The Morgan fingerprint density at radius 3 is 3.17 bits per heavy atom. The molecule has 3 aromatic rings. The molecule has 0 saturated heterocycles. The molecule has 3 heterocycles. The van der Waals surface area contributed by atoms with Crippen molar-refractivity contribution in [2.24, 2.45) is 0 Å². The van der Waals surface area contributed by atoms with Crippen LogP contribution < -0.4 is 0 Å². The molecule has 18 heavy (non-hydrogen) atoms. The minimum atomic E-state index is -0.310. The SMILES string of the molecule is CCOC(=O)c1cc2nc(-c3cccs3)[se]c2[nH]1. The number of thiophene rings is 1. The number of esters is 1. The molecule has 0 spiro atoms. The van der Waals surface area contributed by atoms with Gasteiger partial charge in [0, 0.05) is 0 Å². The zero-order valence-corrected chi connectivity index (χ0v) is 12.1. The summed E-state index contributed by atoms with van der Waals surface area (Å²) in [5, 5.41) is 2.05. The van der Waals surface area contributed by atoms with E-state index in [1.807, 2.05) is 11.4 Å². The van der Waals surface area contributed by atoms with Gasteiger partial charge in [-0.3, -0.25) is 0 Å². The van der Waals surface area contributed by atoms with Crippen LogP contribution in [-0.2, 0) is 4.74 Å². The molecule has 0 saturated carbocycles. The number of aromatic amines is 1. The van der Waals surface area contributed by atoms with Gasteiger partial charge in [-0.2, -0.15) is 0 Å². The molecule has 0 aliphatic rings. The fourth-order valence-electron chi connectivity index (χ4n) is 1.64. The van der Waals surface area contributed by atoms with E-state index < -0.39 is 0 Å². The van der Waals surface area contributed by atoms with Crippen molar-refractivity contribution < 1.29 is 9.53 Å². The van der Waals surface area contributed by atoms with Crippen molar-refractivity contribution in [1.82, 2.24) is 9.97 Å². The molecule has 0 unspecified atom stereocenters.